The van der Waals surface area contributed by atoms with E-state index in [2.05, 4.69) is 26.7 Å². The Bertz CT molecular complexity index is 789. The van der Waals surface area contributed by atoms with Crippen molar-refractivity contribution in [3.8, 4) is 0 Å². The van der Waals surface area contributed by atoms with Gasteiger partial charge in [0.05, 0.1) is 17.6 Å². The number of aromatic nitrogens is 2. The minimum absolute atomic E-state index is 0.109. The number of imidazole rings is 1. The molecule has 6 heteroatoms. The van der Waals surface area contributed by atoms with E-state index in [-0.39, 0.29) is 12.5 Å². The largest absolute Gasteiger partial charge is 0.347 e. The monoisotopic (exact) mass is 312 g/mol. The van der Waals surface area contributed by atoms with E-state index in [4.69, 9.17) is 0 Å². The lowest BCUT2D eigenvalue weighted by atomic mass is 10.1. The number of benzene rings is 1. The number of nitrogens with zero attached hydrogens (tertiary/aromatic N) is 2. The number of aromatic amines is 1. The highest BCUT2D eigenvalue weighted by molar-refractivity contribution is 7.10. The Morgan fingerprint density at radius 1 is 1.36 bits per heavy atom. The lowest BCUT2D eigenvalue weighted by molar-refractivity contribution is -0.130. The Morgan fingerprint density at radius 3 is 3.18 bits per heavy atom. The number of H-pyrrole nitrogens is 1. The second kappa shape index (κ2) is 5.46. The molecule has 0 fully saturated rings. The molecule has 2 N–H and O–H groups in total. The maximum Gasteiger partial charge on any atom is 0.242 e. The third-order valence-corrected chi connectivity index (χ3v) is 4.98. The van der Waals surface area contributed by atoms with E-state index in [1.165, 1.54) is 10.4 Å². The Morgan fingerprint density at radius 2 is 2.27 bits per heavy atom. The van der Waals surface area contributed by atoms with Crippen LogP contribution in [0, 0.1) is 0 Å². The van der Waals surface area contributed by atoms with Crippen molar-refractivity contribution in [3.05, 3.63) is 46.2 Å². The fourth-order valence-corrected chi connectivity index (χ4v) is 3.66. The first-order valence-electron chi connectivity index (χ1n) is 7.31. The number of nitrogens with one attached hydrogen (secondary N) is 2. The van der Waals surface area contributed by atoms with Gasteiger partial charge in [0.2, 0.25) is 11.9 Å². The van der Waals surface area contributed by atoms with Crippen LogP contribution >= 0.6 is 11.3 Å². The maximum absolute atomic E-state index is 12.3. The standard InChI is InChI=1S/C16H16N4OS/c21-15(20-7-5-14-11(10-20)6-8-22-14)9-17-16-18-12-3-1-2-4-13(12)19-16/h1-4,6,8H,5,7,9-10H2,(H2,17,18,19). The molecule has 3 aromatic rings. The van der Waals surface area contributed by atoms with Crippen molar-refractivity contribution < 1.29 is 4.79 Å². The summed E-state index contributed by atoms with van der Waals surface area (Å²) in [7, 11) is 0. The van der Waals surface area contributed by atoms with E-state index in [0.717, 1.165) is 30.5 Å². The van der Waals surface area contributed by atoms with Gasteiger partial charge in [0.15, 0.2) is 0 Å². The van der Waals surface area contributed by atoms with E-state index in [0.29, 0.717) is 5.95 Å². The second-order valence-electron chi connectivity index (χ2n) is 5.39. The van der Waals surface area contributed by atoms with Gasteiger partial charge in [-0.3, -0.25) is 4.79 Å². The summed E-state index contributed by atoms with van der Waals surface area (Å²) < 4.78 is 0. The maximum atomic E-state index is 12.3. The van der Waals surface area contributed by atoms with Crippen molar-refractivity contribution in [1.82, 2.24) is 14.9 Å². The Kier molecular flexibility index (Phi) is 3.31. The summed E-state index contributed by atoms with van der Waals surface area (Å²) in [6.07, 6.45) is 0.962. The number of rotatable bonds is 3. The summed E-state index contributed by atoms with van der Waals surface area (Å²) in [6, 6.07) is 9.94. The summed E-state index contributed by atoms with van der Waals surface area (Å²) in [6.45, 7) is 1.78. The lowest BCUT2D eigenvalue weighted by Crippen LogP contribution is -2.38. The number of amides is 1. The molecule has 1 aliphatic heterocycles. The van der Waals surface area contributed by atoms with Crippen LogP contribution in [0.15, 0.2) is 35.7 Å². The summed E-state index contributed by atoms with van der Waals surface area (Å²) in [4.78, 5) is 23.3. The van der Waals surface area contributed by atoms with Crippen molar-refractivity contribution in [3.63, 3.8) is 0 Å². The number of para-hydroxylation sites is 2. The minimum Gasteiger partial charge on any atom is -0.347 e. The highest BCUT2D eigenvalue weighted by Gasteiger charge is 2.21. The second-order valence-corrected chi connectivity index (χ2v) is 6.39. The first kappa shape index (κ1) is 13.3. The average molecular weight is 312 g/mol. The number of fused-ring (bicyclic) bond motifs is 2. The third-order valence-electron chi connectivity index (χ3n) is 3.96. The molecule has 0 aliphatic carbocycles. The van der Waals surface area contributed by atoms with Crippen LogP contribution < -0.4 is 5.32 Å². The fraction of sp³-hybridized carbons (Fsp3) is 0.250. The molecule has 0 saturated heterocycles. The van der Waals surface area contributed by atoms with E-state index in [9.17, 15) is 4.79 Å². The van der Waals surface area contributed by atoms with Gasteiger partial charge < -0.3 is 15.2 Å². The van der Waals surface area contributed by atoms with Crippen molar-refractivity contribution >= 4 is 34.2 Å². The van der Waals surface area contributed by atoms with E-state index >= 15 is 0 Å². The number of carbonyl (C=O) groups excluding carboxylic acids is 1. The number of hydrogen-bond acceptors (Lipinski definition) is 4. The molecule has 0 bridgehead atoms. The quantitative estimate of drug-likeness (QED) is 0.781. The van der Waals surface area contributed by atoms with Crippen LogP contribution in [0.25, 0.3) is 11.0 Å². The molecular formula is C16H16N4OS. The molecule has 112 valence electrons. The van der Waals surface area contributed by atoms with Gasteiger partial charge in [0.25, 0.3) is 0 Å². The van der Waals surface area contributed by atoms with Crippen LogP contribution in [0.1, 0.15) is 10.4 Å². The van der Waals surface area contributed by atoms with Crippen molar-refractivity contribution in [1.29, 1.82) is 0 Å². The van der Waals surface area contributed by atoms with E-state index in [1.807, 2.05) is 29.2 Å². The molecule has 0 saturated carbocycles. The Hall–Kier alpha value is -2.34. The Balaban J connectivity index is 1.40. The minimum atomic E-state index is 0.109. The van der Waals surface area contributed by atoms with Gasteiger partial charge >= 0.3 is 0 Å². The number of carbonyl (C=O) groups is 1. The van der Waals surface area contributed by atoms with Crippen LogP contribution in [-0.4, -0.2) is 33.9 Å². The molecule has 3 heterocycles. The number of thiophene rings is 1. The zero-order valence-electron chi connectivity index (χ0n) is 12.0. The predicted octanol–water partition coefficient (Wildman–Crippen LogP) is 2.62. The topological polar surface area (TPSA) is 61.0 Å². The predicted molar refractivity (Wildman–Crippen MR) is 88.0 cm³/mol. The first-order chi connectivity index (χ1) is 10.8. The third kappa shape index (κ3) is 2.46. The molecule has 0 unspecified atom stereocenters. The van der Waals surface area contributed by atoms with E-state index < -0.39 is 0 Å². The molecular weight excluding hydrogens is 296 g/mol. The van der Waals surface area contributed by atoms with Gasteiger partial charge in [-0.15, -0.1) is 11.3 Å². The van der Waals surface area contributed by atoms with Crippen molar-refractivity contribution in [2.75, 3.05) is 18.4 Å². The molecule has 0 atom stereocenters. The average Bonchev–Trinajstić information content (AvgIpc) is 3.17. The Labute approximate surface area is 132 Å². The van der Waals surface area contributed by atoms with Crippen LogP contribution in [-0.2, 0) is 17.8 Å². The van der Waals surface area contributed by atoms with Gasteiger partial charge in [-0.05, 0) is 35.6 Å². The van der Waals surface area contributed by atoms with E-state index in [1.54, 1.807) is 11.3 Å². The number of anilines is 1. The van der Waals surface area contributed by atoms with Crippen molar-refractivity contribution in [2.45, 2.75) is 13.0 Å². The van der Waals surface area contributed by atoms with Gasteiger partial charge in [0, 0.05) is 18.0 Å². The van der Waals surface area contributed by atoms with Crippen LogP contribution in [0.2, 0.25) is 0 Å². The molecule has 0 radical (unpaired) electrons. The van der Waals surface area contributed by atoms with Crippen molar-refractivity contribution in [2.24, 2.45) is 0 Å². The van der Waals surface area contributed by atoms with Gasteiger partial charge in [-0.1, -0.05) is 12.1 Å². The highest BCUT2D eigenvalue weighted by Crippen LogP contribution is 2.24. The summed E-state index contributed by atoms with van der Waals surface area (Å²) in [5.74, 6) is 0.750. The molecule has 1 aliphatic rings. The molecule has 1 amide bonds. The summed E-state index contributed by atoms with van der Waals surface area (Å²) in [5, 5.41) is 5.20. The van der Waals surface area contributed by atoms with Crippen LogP contribution in [0.5, 0.6) is 0 Å². The van der Waals surface area contributed by atoms with Crippen LogP contribution in [0.4, 0.5) is 5.95 Å². The summed E-state index contributed by atoms with van der Waals surface area (Å²) in [5.41, 5.74) is 3.16. The molecule has 22 heavy (non-hydrogen) atoms. The van der Waals surface area contributed by atoms with Gasteiger partial charge in [-0.2, -0.15) is 0 Å². The molecule has 5 nitrogen and oxygen atoms in total. The zero-order valence-corrected chi connectivity index (χ0v) is 12.8. The molecule has 1 aromatic carbocycles. The highest BCUT2D eigenvalue weighted by atomic mass is 32.1. The smallest absolute Gasteiger partial charge is 0.242 e. The lowest BCUT2D eigenvalue weighted by Gasteiger charge is -2.27. The SMILES string of the molecule is O=C(CNc1nc2ccccc2[nH]1)N1CCc2sccc2C1. The fourth-order valence-electron chi connectivity index (χ4n) is 2.77. The first-order valence-corrected chi connectivity index (χ1v) is 8.19. The van der Waals surface area contributed by atoms with Gasteiger partial charge in [-0.25, -0.2) is 4.98 Å². The van der Waals surface area contributed by atoms with Crippen LogP contribution in [0.3, 0.4) is 0 Å². The number of hydrogen-bond donors (Lipinski definition) is 2. The van der Waals surface area contributed by atoms with Gasteiger partial charge in [0.1, 0.15) is 0 Å². The summed E-state index contributed by atoms with van der Waals surface area (Å²) >= 11 is 1.78. The molecule has 0 spiro atoms. The zero-order chi connectivity index (χ0) is 14.9. The molecule has 4 rings (SSSR count). The molecule has 2 aromatic heterocycles. The normalized spacial score (nSPS) is 14.1.